The number of rotatable bonds is 0. The first-order chi connectivity index (χ1) is 3.30. The molecule has 1 nitrogen and oxygen atoms in total. The third kappa shape index (κ3) is 0.983. The lowest BCUT2D eigenvalue weighted by Crippen LogP contribution is -2.11. The molecule has 0 fully saturated rings. The van der Waals surface area contributed by atoms with Crippen LogP contribution in [0.25, 0.3) is 0 Å². The second-order valence-electron chi connectivity index (χ2n) is 1.68. The van der Waals surface area contributed by atoms with Crippen LogP contribution in [-0.2, 0) is 11.2 Å². The van der Waals surface area contributed by atoms with Crippen molar-refractivity contribution in [1.29, 1.82) is 0 Å². The van der Waals surface area contributed by atoms with E-state index >= 15 is 0 Å². The van der Waals surface area contributed by atoms with Crippen molar-refractivity contribution >= 4 is 11.2 Å². The van der Waals surface area contributed by atoms with Crippen LogP contribution < -0.4 is 0 Å². The van der Waals surface area contributed by atoms with Crippen molar-refractivity contribution < 1.29 is 4.55 Å². The van der Waals surface area contributed by atoms with Gasteiger partial charge >= 0.3 is 0 Å². The largest absolute Gasteiger partial charge is 0.616 e. The third-order valence-corrected chi connectivity index (χ3v) is 2.59. The SMILES string of the molecule is CC1C=CC[S+]1[O-]. The van der Waals surface area contributed by atoms with Gasteiger partial charge in [0.1, 0.15) is 11.0 Å². The molecule has 1 rings (SSSR count). The van der Waals surface area contributed by atoms with Crippen molar-refractivity contribution in [3.05, 3.63) is 12.2 Å². The molecule has 2 unspecified atom stereocenters. The van der Waals surface area contributed by atoms with E-state index in [4.69, 9.17) is 0 Å². The maximum absolute atomic E-state index is 10.6. The van der Waals surface area contributed by atoms with Gasteiger partial charge in [-0.1, -0.05) is 0 Å². The molecule has 7 heavy (non-hydrogen) atoms. The molecule has 0 N–H and O–H groups in total. The smallest absolute Gasteiger partial charge is 0.131 e. The summed E-state index contributed by atoms with van der Waals surface area (Å²) in [4.78, 5) is 0. The summed E-state index contributed by atoms with van der Waals surface area (Å²) in [7, 11) is 0. The third-order valence-electron chi connectivity index (χ3n) is 1.08. The standard InChI is InChI=1S/C5H8OS/c1-5-3-2-4-7(5)6/h2-3,5H,4H2,1H3. The average molecular weight is 116 g/mol. The Balaban J connectivity index is 2.45. The molecule has 2 heteroatoms. The molecule has 0 radical (unpaired) electrons. The summed E-state index contributed by atoms with van der Waals surface area (Å²) in [5.74, 6) is 0.765. The summed E-state index contributed by atoms with van der Waals surface area (Å²) < 4.78 is 10.6. The molecule has 2 atom stereocenters. The maximum Gasteiger partial charge on any atom is 0.131 e. The van der Waals surface area contributed by atoms with Crippen LogP contribution in [-0.4, -0.2) is 15.6 Å². The van der Waals surface area contributed by atoms with Crippen LogP contribution in [0.2, 0.25) is 0 Å². The molecule has 0 aliphatic carbocycles. The van der Waals surface area contributed by atoms with Gasteiger partial charge in [0.2, 0.25) is 0 Å². The van der Waals surface area contributed by atoms with E-state index in [-0.39, 0.29) is 0 Å². The Hall–Kier alpha value is 0.0500. The minimum absolute atomic E-state index is 0.306. The quantitative estimate of drug-likeness (QED) is 0.337. The minimum Gasteiger partial charge on any atom is -0.616 e. The molecular weight excluding hydrogens is 108 g/mol. The fraction of sp³-hybridized carbons (Fsp3) is 0.600. The molecule has 0 aromatic carbocycles. The lowest BCUT2D eigenvalue weighted by molar-refractivity contribution is 0.595. The predicted octanol–water partition coefficient (Wildman–Crippen LogP) is 0.693. The zero-order valence-electron chi connectivity index (χ0n) is 4.26. The van der Waals surface area contributed by atoms with Gasteiger partial charge in [-0.2, -0.15) is 0 Å². The zero-order chi connectivity index (χ0) is 5.28. The highest BCUT2D eigenvalue weighted by Crippen LogP contribution is 2.10. The molecule has 0 bridgehead atoms. The van der Waals surface area contributed by atoms with Crippen LogP contribution in [0.4, 0.5) is 0 Å². The van der Waals surface area contributed by atoms with E-state index in [1.807, 2.05) is 19.1 Å². The van der Waals surface area contributed by atoms with Crippen LogP contribution in [0, 0.1) is 0 Å². The first kappa shape index (κ1) is 5.19. The van der Waals surface area contributed by atoms with E-state index in [9.17, 15) is 4.55 Å². The van der Waals surface area contributed by atoms with E-state index in [0.29, 0.717) is 5.25 Å². The average Bonchev–Trinajstić information content (AvgIpc) is 1.91. The minimum atomic E-state index is -0.579. The fourth-order valence-electron chi connectivity index (χ4n) is 0.581. The van der Waals surface area contributed by atoms with Crippen LogP contribution in [0.3, 0.4) is 0 Å². The van der Waals surface area contributed by atoms with Gasteiger partial charge in [0.15, 0.2) is 0 Å². The molecule has 0 aromatic rings. The highest BCUT2D eigenvalue weighted by atomic mass is 32.2. The first-order valence-electron chi connectivity index (χ1n) is 2.34. The summed E-state index contributed by atoms with van der Waals surface area (Å²) >= 11 is -0.579. The molecule has 1 heterocycles. The summed E-state index contributed by atoms with van der Waals surface area (Å²) in [6.45, 7) is 1.97. The van der Waals surface area contributed by atoms with Crippen molar-refractivity contribution in [3.8, 4) is 0 Å². The molecule has 0 saturated carbocycles. The van der Waals surface area contributed by atoms with Crippen molar-refractivity contribution in [2.45, 2.75) is 12.2 Å². The molecule has 0 spiro atoms. The van der Waals surface area contributed by atoms with Gasteiger partial charge in [0, 0.05) is 0 Å². The molecule has 0 saturated heterocycles. The van der Waals surface area contributed by atoms with E-state index in [0.717, 1.165) is 5.75 Å². The Bertz CT molecular complexity index is 90.1. The lowest BCUT2D eigenvalue weighted by Gasteiger charge is -2.05. The van der Waals surface area contributed by atoms with Crippen molar-refractivity contribution in [1.82, 2.24) is 0 Å². The Morgan fingerprint density at radius 1 is 1.86 bits per heavy atom. The summed E-state index contributed by atoms with van der Waals surface area (Å²) in [5.41, 5.74) is 0. The van der Waals surface area contributed by atoms with Crippen LogP contribution in [0.5, 0.6) is 0 Å². The summed E-state index contributed by atoms with van der Waals surface area (Å²) in [5, 5.41) is 0.306. The second kappa shape index (κ2) is 1.88. The van der Waals surface area contributed by atoms with Gasteiger partial charge in [-0.25, -0.2) is 0 Å². The van der Waals surface area contributed by atoms with Gasteiger partial charge in [0.25, 0.3) is 0 Å². The van der Waals surface area contributed by atoms with E-state index in [1.165, 1.54) is 0 Å². The summed E-state index contributed by atoms with van der Waals surface area (Å²) in [6.07, 6.45) is 3.97. The lowest BCUT2D eigenvalue weighted by atomic mass is 10.4. The Morgan fingerprint density at radius 2 is 2.57 bits per heavy atom. The van der Waals surface area contributed by atoms with Gasteiger partial charge in [-0.15, -0.1) is 0 Å². The van der Waals surface area contributed by atoms with Gasteiger partial charge in [-0.05, 0) is 30.3 Å². The first-order valence-corrected chi connectivity index (χ1v) is 3.73. The highest BCUT2D eigenvalue weighted by Gasteiger charge is 2.16. The Kier molecular flexibility index (Phi) is 1.40. The molecular formula is C5H8OS. The van der Waals surface area contributed by atoms with Crippen molar-refractivity contribution in [2.75, 3.05) is 5.75 Å². The van der Waals surface area contributed by atoms with Crippen molar-refractivity contribution in [2.24, 2.45) is 0 Å². The molecule has 0 aromatic heterocycles. The van der Waals surface area contributed by atoms with Gasteiger partial charge < -0.3 is 4.55 Å². The van der Waals surface area contributed by atoms with Gasteiger partial charge in [-0.3, -0.25) is 0 Å². The van der Waals surface area contributed by atoms with Crippen LogP contribution >= 0.6 is 0 Å². The Morgan fingerprint density at radius 3 is 2.71 bits per heavy atom. The normalized spacial score (nSPS) is 39.7. The molecule has 40 valence electrons. The van der Waals surface area contributed by atoms with E-state index < -0.39 is 11.2 Å². The fourth-order valence-corrected chi connectivity index (χ4v) is 1.47. The van der Waals surface area contributed by atoms with E-state index in [2.05, 4.69) is 0 Å². The number of hydrogen-bond donors (Lipinski definition) is 0. The zero-order valence-corrected chi connectivity index (χ0v) is 5.07. The van der Waals surface area contributed by atoms with Crippen molar-refractivity contribution in [3.63, 3.8) is 0 Å². The molecule has 1 aliphatic heterocycles. The monoisotopic (exact) mass is 116 g/mol. The molecule has 1 aliphatic rings. The van der Waals surface area contributed by atoms with Crippen LogP contribution in [0.1, 0.15) is 6.92 Å². The second-order valence-corrected chi connectivity index (χ2v) is 3.52. The van der Waals surface area contributed by atoms with Crippen LogP contribution in [0.15, 0.2) is 12.2 Å². The Labute approximate surface area is 46.6 Å². The predicted molar refractivity (Wildman–Crippen MR) is 31.6 cm³/mol. The maximum atomic E-state index is 10.6. The summed E-state index contributed by atoms with van der Waals surface area (Å²) in [6, 6.07) is 0. The van der Waals surface area contributed by atoms with E-state index in [1.54, 1.807) is 0 Å². The molecule has 0 amide bonds. The van der Waals surface area contributed by atoms with Gasteiger partial charge in [0.05, 0.1) is 0 Å². The topological polar surface area (TPSA) is 23.1 Å². The number of hydrogen-bond acceptors (Lipinski definition) is 1. The highest BCUT2D eigenvalue weighted by molar-refractivity contribution is 7.92.